The molecule has 3 aromatic rings. The Labute approximate surface area is 165 Å². The van der Waals surface area contributed by atoms with Crippen molar-refractivity contribution >= 4 is 26.9 Å². The van der Waals surface area contributed by atoms with Crippen LogP contribution in [0, 0.1) is 0 Å². The molecule has 7 heteroatoms. The minimum atomic E-state index is -4.15. The van der Waals surface area contributed by atoms with E-state index in [-0.39, 0.29) is 5.41 Å². The molecule has 4 rings (SSSR count). The molecule has 0 spiro atoms. The molecule has 2 aromatic carbocycles. The van der Waals surface area contributed by atoms with Crippen LogP contribution in [0.5, 0.6) is 0 Å². The minimum absolute atomic E-state index is 0.235. The third-order valence-corrected chi connectivity index (χ3v) is 6.68. The van der Waals surface area contributed by atoms with Gasteiger partial charge >= 0.3 is 10.3 Å². The lowest BCUT2D eigenvalue weighted by atomic mass is 9.73. The lowest BCUT2D eigenvalue weighted by Gasteiger charge is -2.41. The van der Waals surface area contributed by atoms with Gasteiger partial charge in [0.1, 0.15) is 5.82 Å². The van der Waals surface area contributed by atoms with Crippen LogP contribution in [0.2, 0.25) is 0 Å². The number of aromatic nitrogens is 1. The minimum Gasteiger partial charge on any atom is -0.369 e. The largest absolute Gasteiger partial charge is 0.369 e. The van der Waals surface area contributed by atoms with Gasteiger partial charge in [0.15, 0.2) is 0 Å². The lowest BCUT2D eigenvalue weighted by Crippen LogP contribution is -2.48. The molecule has 2 N–H and O–H groups in total. The number of piperidine rings is 1. The molecule has 0 bridgehead atoms. The summed E-state index contributed by atoms with van der Waals surface area (Å²) in [7, 11) is -4.15. The number of anilines is 1. The van der Waals surface area contributed by atoms with Crippen LogP contribution >= 0.6 is 0 Å². The molecule has 1 saturated heterocycles. The zero-order valence-electron chi connectivity index (χ0n) is 15.5. The molecular formula is C21H23N3O3S. The van der Waals surface area contributed by atoms with Crippen LogP contribution in [0.15, 0.2) is 66.9 Å². The van der Waals surface area contributed by atoms with Gasteiger partial charge in [0, 0.05) is 36.6 Å². The zero-order valence-corrected chi connectivity index (χ0v) is 16.3. The highest BCUT2D eigenvalue weighted by atomic mass is 32.2. The molecule has 1 aromatic heterocycles. The van der Waals surface area contributed by atoms with E-state index in [4.69, 9.17) is 0 Å². The standard InChI is InChI=1S/C21H23N3O3S/c25-28(26,27)24-14-11-21(12-15-24,18-7-2-1-3-8-18)16-23-20-19-9-5-4-6-17(19)10-13-22-20/h1-10,13H,11-12,14-16H2,(H,22,23)(H,25,26,27). The van der Waals surface area contributed by atoms with Gasteiger partial charge in [0.05, 0.1) is 0 Å². The maximum atomic E-state index is 11.5. The number of rotatable bonds is 5. The fourth-order valence-electron chi connectivity index (χ4n) is 4.02. The summed E-state index contributed by atoms with van der Waals surface area (Å²) in [4.78, 5) is 4.51. The van der Waals surface area contributed by atoms with Gasteiger partial charge < -0.3 is 5.32 Å². The second-order valence-electron chi connectivity index (χ2n) is 7.26. The number of nitrogens with zero attached hydrogens (tertiary/aromatic N) is 2. The number of hydrogen-bond donors (Lipinski definition) is 2. The van der Waals surface area contributed by atoms with Crippen LogP contribution in [0.4, 0.5) is 5.82 Å². The molecule has 1 aliphatic rings. The summed E-state index contributed by atoms with van der Waals surface area (Å²) in [6, 6.07) is 20.2. The maximum Gasteiger partial charge on any atom is 0.335 e. The number of hydrogen-bond acceptors (Lipinski definition) is 4. The third kappa shape index (κ3) is 3.73. The Balaban J connectivity index is 1.62. The first kappa shape index (κ1) is 18.9. The van der Waals surface area contributed by atoms with E-state index in [1.54, 1.807) is 6.20 Å². The van der Waals surface area contributed by atoms with E-state index in [0.29, 0.717) is 32.5 Å². The van der Waals surface area contributed by atoms with E-state index in [9.17, 15) is 13.0 Å². The van der Waals surface area contributed by atoms with E-state index in [1.165, 1.54) is 0 Å². The van der Waals surface area contributed by atoms with Crippen molar-refractivity contribution in [2.24, 2.45) is 0 Å². The van der Waals surface area contributed by atoms with Crippen LogP contribution in [0.3, 0.4) is 0 Å². The predicted octanol–water partition coefficient (Wildman–Crippen LogP) is 3.48. The molecule has 146 valence electrons. The summed E-state index contributed by atoms with van der Waals surface area (Å²) in [5.41, 5.74) is 0.930. The molecular weight excluding hydrogens is 374 g/mol. The fourth-order valence-corrected chi connectivity index (χ4v) is 4.66. The Morgan fingerprint density at radius 1 is 1.00 bits per heavy atom. The van der Waals surface area contributed by atoms with Gasteiger partial charge in [-0.3, -0.25) is 4.55 Å². The SMILES string of the molecule is O=S(=O)(O)N1CCC(CNc2nccc3ccccc23)(c2ccccc2)CC1. The van der Waals surface area contributed by atoms with Gasteiger partial charge in [-0.15, -0.1) is 0 Å². The van der Waals surface area contributed by atoms with Crippen molar-refractivity contribution in [1.29, 1.82) is 0 Å². The van der Waals surface area contributed by atoms with Crippen molar-refractivity contribution in [2.75, 3.05) is 25.0 Å². The Hall–Kier alpha value is -2.48. The van der Waals surface area contributed by atoms with Gasteiger partial charge in [0.2, 0.25) is 0 Å². The van der Waals surface area contributed by atoms with E-state index in [0.717, 1.165) is 26.5 Å². The molecule has 0 saturated carbocycles. The van der Waals surface area contributed by atoms with E-state index in [2.05, 4.69) is 28.5 Å². The van der Waals surface area contributed by atoms with Crippen LogP contribution in [-0.2, 0) is 15.7 Å². The van der Waals surface area contributed by atoms with Gasteiger partial charge in [-0.2, -0.15) is 12.7 Å². The second-order valence-corrected chi connectivity index (χ2v) is 8.67. The van der Waals surface area contributed by atoms with Crippen molar-refractivity contribution in [3.05, 3.63) is 72.4 Å². The number of benzene rings is 2. The second kappa shape index (κ2) is 7.50. The topological polar surface area (TPSA) is 82.5 Å². The van der Waals surface area contributed by atoms with Crippen LogP contribution in [0.1, 0.15) is 18.4 Å². The molecule has 28 heavy (non-hydrogen) atoms. The van der Waals surface area contributed by atoms with Crippen LogP contribution in [-0.4, -0.2) is 41.9 Å². The van der Waals surface area contributed by atoms with Gasteiger partial charge in [-0.25, -0.2) is 4.98 Å². The Kier molecular flexibility index (Phi) is 5.05. The number of fused-ring (bicyclic) bond motifs is 1. The first-order valence-electron chi connectivity index (χ1n) is 9.34. The molecule has 1 fully saturated rings. The fraction of sp³-hybridized carbons (Fsp3) is 0.286. The summed E-state index contributed by atoms with van der Waals surface area (Å²) in [5.74, 6) is 0.825. The average molecular weight is 398 g/mol. The first-order valence-corrected chi connectivity index (χ1v) is 10.7. The normalized spacial score (nSPS) is 17.5. The molecule has 0 radical (unpaired) electrons. The van der Waals surface area contributed by atoms with Crippen LogP contribution < -0.4 is 5.32 Å². The Morgan fingerprint density at radius 2 is 1.68 bits per heavy atom. The maximum absolute atomic E-state index is 11.5. The monoisotopic (exact) mass is 397 g/mol. The molecule has 0 amide bonds. The predicted molar refractivity (Wildman–Crippen MR) is 111 cm³/mol. The number of pyridine rings is 1. The van der Waals surface area contributed by atoms with Crippen molar-refractivity contribution in [1.82, 2.24) is 9.29 Å². The van der Waals surface area contributed by atoms with Crippen molar-refractivity contribution in [3.63, 3.8) is 0 Å². The molecule has 2 heterocycles. The summed E-state index contributed by atoms with van der Waals surface area (Å²) < 4.78 is 33.6. The third-order valence-electron chi connectivity index (χ3n) is 5.66. The molecule has 0 aliphatic carbocycles. The average Bonchev–Trinajstić information content (AvgIpc) is 2.72. The summed E-state index contributed by atoms with van der Waals surface area (Å²) >= 11 is 0. The molecule has 1 aliphatic heterocycles. The smallest absolute Gasteiger partial charge is 0.335 e. The van der Waals surface area contributed by atoms with Crippen molar-refractivity contribution in [3.8, 4) is 0 Å². The highest BCUT2D eigenvalue weighted by Gasteiger charge is 2.39. The van der Waals surface area contributed by atoms with Gasteiger partial charge in [-0.05, 0) is 29.9 Å². The summed E-state index contributed by atoms with van der Waals surface area (Å²) in [6.45, 7) is 1.22. The van der Waals surface area contributed by atoms with Crippen LogP contribution in [0.25, 0.3) is 10.8 Å². The molecule has 0 unspecified atom stereocenters. The van der Waals surface area contributed by atoms with E-state index in [1.807, 2.05) is 42.5 Å². The lowest BCUT2D eigenvalue weighted by molar-refractivity contribution is 0.227. The molecule has 6 nitrogen and oxygen atoms in total. The van der Waals surface area contributed by atoms with Crippen molar-refractivity contribution in [2.45, 2.75) is 18.3 Å². The highest BCUT2D eigenvalue weighted by molar-refractivity contribution is 7.83. The molecule has 0 atom stereocenters. The Morgan fingerprint density at radius 3 is 2.39 bits per heavy atom. The van der Waals surface area contributed by atoms with E-state index >= 15 is 0 Å². The highest BCUT2D eigenvalue weighted by Crippen LogP contribution is 2.37. The van der Waals surface area contributed by atoms with Gasteiger partial charge in [-0.1, -0.05) is 54.6 Å². The first-order chi connectivity index (χ1) is 13.5. The number of nitrogens with one attached hydrogen (secondary N) is 1. The Bertz CT molecular complexity index is 1060. The van der Waals surface area contributed by atoms with Gasteiger partial charge in [0.25, 0.3) is 0 Å². The van der Waals surface area contributed by atoms with E-state index < -0.39 is 10.3 Å². The quantitative estimate of drug-likeness (QED) is 0.644. The summed E-state index contributed by atoms with van der Waals surface area (Å²) in [6.07, 6.45) is 3.03. The van der Waals surface area contributed by atoms with Crippen molar-refractivity contribution < 1.29 is 13.0 Å². The summed E-state index contributed by atoms with van der Waals surface area (Å²) in [5, 5.41) is 5.69. The zero-order chi connectivity index (χ0) is 19.6.